The van der Waals surface area contributed by atoms with E-state index in [1.807, 2.05) is 18.7 Å². The number of hydrogen-bond donors (Lipinski definition) is 1. The average Bonchev–Trinajstić information content (AvgIpc) is 2.22. The lowest BCUT2D eigenvalue weighted by molar-refractivity contribution is -0.147. The summed E-state index contributed by atoms with van der Waals surface area (Å²) in [5.74, 6) is 1.96. The van der Waals surface area contributed by atoms with Crippen LogP contribution in [0.2, 0.25) is 0 Å². The maximum Gasteiger partial charge on any atom is 0.325 e. The molecule has 0 saturated heterocycles. The van der Waals surface area contributed by atoms with Crippen LogP contribution in [0.15, 0.2) is 0 Å². The van der Waals surface area contributed by atoms with Crippen molar-refractivity contribution in [1.82, 2.24) is 5.32 Å². The minimum absolute atomic E-state index is 0.183. The van der Waals surface area contributed by atoms with Crippen LogP contribution in [0.5, 0.6) is 0 Å². The Morgan fingerprint density at radius 1 is 1.50 bits per heavy atom. The zero-order valence-electron chi connectivity index (χ0n) is 9.55. The van der Waals surface area contributed by atoms with E-state index >= 15 is 0 Å². The summed E-state index contributed by atoms with van der Waals surface area (Å²) in [4.78, 5) is 11.4. The van der Waals surface area contributed by atoms with Gasteiger partial charge in [0.1, 0.15) is 5.54 Å². The number of rotatable bonds is 7. The lowest BCUT2D eigenvalue weighted by atomic mass is 10.00. The number of hydrogen-bond acceptors (Lipinski definition) is 4. The van der Waals surface area contributed by atoms with Gasteiger partial charge < -0.3 is 10.1 Å². The Balaban J connectivity index is 3.93. The first kappa shape index (κ1) is 13.8. The highest BCUT2D eigenvalue weighted by molar-refractivity contribution is 7.99. The molecule has 0 aliphatic heterocycles. The minimum Gasteiger partial charge on any atom is -0.468 e. The zero-order chi connectivity index (χ0) is 11.0. The predicted octanol–water partition coefficient (Wildman–Crippen LogP) is 1.67. The van der Waals surface area contributed by atoms with E-state index in [-0.39, 0.29) is 5.97 Å². The van der Waals surface area contributed by atoms with Crippen molar-refractivity contribution in [1.29, 1.82) is 0 Å². The molecule has 1 unspecified atom stereocenters. The Labute approximate surface area is 91.0 Å². The van der Waals surface area contributed by atoms with Crippen LogP contribution in [0, 0.1) is 0 Å². The molecule has 0 spiro atoms. The fourth-order valence-corrected chi connectivity index (χ4v) is 2.12. The van der Waals surface area contributed by atoms with Gasteiger partial charge in [0.2, 0.25) is 0 Å². The number of methoxy groups -OCH3 is 1. The van der Waals surface area contributed by atoms with E-state index in [2.05, 4.69) is 12.2 Å². The van der Waals surface area contributed by atoms with Crippen molar-refractivity contribution < 1.29 is 9.53 Å². The molecule has 1 atom stereocenters. The second-order valence-corrected chi connectivity index (χ2v) is 4.66. The first-order chi connectivity index (χ1) is 6.60. The van der Waals surface area contributed by atoms with E-state index in [0.29, 0.717) is 0 Å². The molecule has 84 valence electrons. The normalized spacial score (nSPS) is 14.9. The lowest BCUT2D eigenvalue weighted by Crippen LogP contribution is -2.48. The summed E-state index contributed by atoms with van der Waals surface area (Å²) in [6.45, 7) is 4.04. The third kappa shape index (κ3) is 4.33. The Hall–Kier alpha value is -0.220. The highest BCUT2D eigenvalue weighted by Crippen LogP contribution is 2.15. The van der Waals surface area contributed by atoms with Crippen LogP contribution in [-0.2, 0) is 9.53 Å². The molecule has 0 radical (unpaired) electrons. The maximum atomic E-state index is 11.4. The molecule has 0 aliphatic carbocycles. The van der Waals surface area contributed by atoms with Crippen LogP contribution in [0.4, 0.5) is 0 Å². The molecule has 0 rings (SSSR count). The topological polar surface area (TPSA) is 38.3 Å². The highest BCUT2D eigenvalue weighted by Gasteiger charge is 2.31. The Bertz CT molecular complexity index is 176. The molecule has 0 bridgehead atoms. The van der Waals surface area contributed by atoms with Gasteiger partial charge in [-0.3, -0.25) is 4.79 Å². The van der Waals surface area contributed by atoms with Gasteiger partial charge in [-0.1, -0.05) is 6.92 Å². The predicted molar refractivity (Wildman–Crippen MR) is 61.7 cm³/mol. The van der Waals surface area contributed by atoms with Crippen LogP contribution >= 0.6 is 11.8 Å². The third-order valence-electron chi connectivity index (χ3n) is 2.28. The monoisotopic (exact) mass is 219 g/mol. The molecule has 0 saturated carbocycles. The quantitative estimate of drug-likeness (QED) is 0.522. The van der Waals surface area contributed by atoms with Crippen LogP contribution in [0.25, 0.3) is 0 Å². The molecule has 14 heavy (non-hydrogen) atoms. The van der Waals surface area contributed by atoms with Gasteiger partial charge in [-0.2, -0.15) is 11.8 Å². The van der Waals surface area contributed by atoms with Gasteiger partial charge in [0.05, 0.1) is 7.11 Å². The van der Waals surface area contributed by atoms with Crippen molar-refractivity contribution in [2.24, 2.45) is 0 Å². The van der Waals surface area contributed by atoms with Gasteiger partial charge in [0, 0.05) is 0 Å². The second kappa shape index (κ2) is 7.12. The van der Waals surface area contributed by atoms with E-state index < -0.39 is 5.54 Å². The van der Waals surface area contributed by atoms with E-state index in [0.717, 1.165) is 17.9 Å². The SMILES string of the molecule is CCCSCCC(C)(NC)C(=O)OC. The van der Waals surface area contributed by atoms with Gasteiger partial charge in [-0.15, -0.1) is 0 Å². The smallest absolute Gasteiger partial charge is 0.325 e. The van der Waals surface area contributed by atoms with Gasteiger partial charge in [0.15, 0.2) is 0 Å². The molecule has 0 heterocycles. The highest BCUT2D eigenvalue weighted by atomic mass is 32.2. The van der Waals surface area contributed by atoms with Gasteiger partial charge in [-0.25, -0.2) is 0 Å². The van der Waals surface area contributed by atoms with Gasteiger partial charge in [-0.05, 0) is 38.3 Å². The van der Waals surface area contributed by atoms with E-state index in [4.69, 9.17) is 4.74 Å². The number of esters is 1. The Morgan fingerprint density at radius 3 is 2.57 bits per heavy atom. The number of likely N-dealkylation sites (N-methyl/N-ethyl adjacent to an activating group) is 1. The van der Waals surface area contributed by atoms with Crippen LogP contribution in [-0.4, -0.2) is 37.2 Å². The Morgan fingerprint density at radius 2 is 2.14 bits per heavy atom. The number of nitrogens with one attached hydrogen (secondary N) is 1. The molecule has 0 aromatic rings. The first-order valence-corrected chi connectivity index (χ1v) is 6.11. The van der Waals surface area contributed by atoms with Crippen molar-refractivity contribution in [2.45, 2.75) is 32.2 Å². The molecule has 0 aromatic carbocycles. The van der Waals surface area contributed by atoms with Gasteiger partial charge in [0.25, 0.3) is 0 Å². The molecule has 0 fully saturated rings. The van der Waals surface area contributed by atoms with Crippen LogP contribution in [0.3, 0.4) is 0 Å². The van der Waals surface area contributed by atoms with Gasteiger partial charge >= 0.3 is 5.97 Å². The standard InChI is InChI=1S/C10H21NO2S/c1-5-7-14-8-6-10(2,11-3)9(12)13-4/h11H,5-8H2,1-4H3. The number of thioether (sulfide) groups is 1. The largest absolute Gasteiger partial charge is 0.468 e. The number of ether oxygens (including phenoxy) is 1. The number of carbonyl (C=O) groups is 1. The fourth-order valence-electron chi connectivity index (χ4n) is 1.08. The van der Waals surface area contributed by atoms with E-state index in [9.17, 15) is 4.79 Å². The van der Waals surface area contributed by atoms with Crippen LogP contribution < -0.4 is 5.32 Å². The fraction of sp³-hybridized carbons (Fsp3) is 0.900. The van der Waals surface area contributed by atoms with Crippen molar-refractivity contribution in [3.05, 3.63) is 0 Å². The summed E-state index contributed by atoms with van der Waals surface area (Å²) >= 11 is 1.88. The van der Waals surface area contributed by atoms with Crippen molar-refractivity contribution >= 4 is 17.7 Å². The van der Waals surface area contributed by atoms with E-state index in [1.54, 1.807) is 7.05 Å². The molecule has 0 aliphatic rings. The minimum atomic E-state index is -0.532. The van der Waals surface area contributed by atoms with Crippen molar-refractivity contribution in [3.8, 4) is 0 Å². The average molecular weight is 219 g/mol. The summed E-state index contributed by atoms with van der Waals surface area (Å²) in [7, 11) is 3.22. The molecular weight excluding hydrogens is 198 g/mol. The van der Waals surface area contributed by atoms with E-state index in [1.165, 1.54) is 13.5 Å². The van der Waals surface area contributed by atoms with Crippen LogP contribution in [0.1, 0.15) is 26.7 Å². The zero-order valence-corrected chi connectivity index (χ0v) is 10.4. The summed E-state index contributed by atoms with van der Waals surface area (Å²) in [6.07, 6.45) is 1.99. The second-order valence-electron chi connectivity index (χ2n) is 3.44. The summed E-state index contributed by atoms with van der Waals surface area (Å²) in [6, 6.07) is 0. The molecule has 0 amide bonds. The number of carbonyl (C=O) groups excluding carboxylic acids is 1. The molecule has 4 heteroatoms. The Kier molecular flexibility index (Phi) is 7.01. The van der Waals surface area contributed by atoms with Crippen molar-refractivity contribution in [3.63, 3.8) is 0 Å². The molecular formula is C10H21NO2S. The molecule has 1 N–H and O–H groups in total. The maximum absolute atomic E-state index is 11.4. The third-order valence-corrected chi connectivity index (χ3v) is 3.47. The van der Waals surface area contributed by atoms with Crippen molar-refractivity contribution in [2.75, 3.05) is 25.7 Å². The first-order valence-electron chi connectivity index (χ1n) is 4.95. The summed E-state index contributed by atoms with van der Waals surface area (Å²) in [5, 5.41) is 3.02. The summed E-state index contributed by atoms with van der Waals surface area (Å²) < 4.78 is 4.75. The molecule has 3 nitrogen and oxygen atoms in total. The summed E-state index contributed by atoms with van der Waals surface area (Å²) in [5.41, 5.74) is -0.532. The lowest BCUT2D eigenvalue weighted by Gasteiger charge is -2.25. The molecule has 0 aromatic heterocycles.